The van der Waals surface area contributed by atoms with E-state index in [9.17, 15) is 4.79 Å². The van der Waals surface area contributed by atoms with E-state index in [1.54, 1.807) is 0 Å². The van der Waals surface area contributed by atoms with E-state index in [1.807, 2.05) is 43.1 Å². The van der Waals surface area contributed by atoms with Gasteiger partial charge in [-0.2, -0.15) is 0 Å². The minimum Gasteiger partial charge on any atom is -0.478 e. The molecule has 1 atom stereocenters. The van der Waals surface area contributed by atoms with E-state index >= 15 is 0 Å². The van der Waals surface area contributed by atoms with Crippen molar-refractivity contribution in [1.82, 2.24) is 20.2 Å². The van der Waals surface area contributed by atoms with Gasteiger partial charge in [0.05, 0.1) is 6.04 Å². The van der Waals surface area contributed by atoms with Crippen molar-refractivity contribution in [3.05, 3.63) is 52.6 Å². The summed E-state index contributed by atoms with van der Waals surface area (Å²) in [5, 5.41) is 3.35. The number of aromatic nitrogens is 2. The van der Waals surface area contributed by atoms with Gasteiger partial charge in [0.15, 0.2) is 11.4 Å². The quantitative estimate of drug-likeness (QED) is 0.862. The second kappa shape index (κ2) is 7.75. The summed E-state index contributed by atoms with van der Waals surface area (Å²) >= 11 is 0. The largest absolute Gasteiger partial charge is 0.478 e. The van der Waals surface area contributed by atoms with Gasteiger partial charge in [-0.15, -0.1) is 0 Å². The molecule has 0 spiro atoms. The average molecular weight is 395 g/mol. The van der Waals surface area contributed by atoms with Crippen molar-refractivity contribution in [2.75, 3.05) is 13.1 Å². The number of hydrogen-bond donors (Lipinski definition) is 1. The molecule has 1 saturated heterocycles. The van der Waals surface area contributed by atoms with Gasteiger partial charge in [0.25, 0.3) is 5.91 Å². The second-order valence-electron chi connectivity index (χ2n) is 8.64. The first-order valence-electron chi connectivity index (χ1n) is 10.5. The Labute approximate surface area is 172 Å². The molecule has 1 aromatic carbocycles. The van der Waals surface area contributed by atoms with Gasteiger partial charge in [-0.05, 0) is 63.8 Å². The molecule has 154 valence electrons. The van der Waals surface area contributed by atoms with E-state index in [0.717, 1.165) is 60.7 Å². The summed E-state index contributed by atoms with van der Waals surface area (Å²) in [7, 11) is 0. The van der Waals surface area contributed by atoms with E-state index in [2.05, 4.69) is 24.1 Å². The van der Waals surface area contributed by atoms with Gasteiger partial charge in [0.2, 0.25) is 0 Å². The SMILES string of the molecule is Cc1ccc(OC(C)(C)C(=O)N2CCCC2c2ncc3c(n2)CCNC3)cc1C. The van der Waals surface area contributed by atoms with Crippen molar-refractivity contribution in [2.45, 2.75) is 65.1 Å². The topological polar surface area (TPSA) is 67.3 Å². The van der Waals surface area contributed by atoms with E-state index in [-0.39, 0.29) is 11.9 Å². The summed E-state index contributed by atoms with van der Waals surface area (Å²) < 4.78 is 6.15. The fourth-order valence-electron chi connectivity index (χ4n) is 4.15. The maximum atomic E-state index is 13.4. The standard InChI is InChI=1S/C23H30N4O2/c1-15-7-8-18(12-16(15)2)29-23(3,4)22(28)27-11-5-6-20(27)21-25-14-17-13-24-10-9-19(17)26-21/h7-8,12,14,20,24H,5-6,9-11,13H2,1-4H3. The van der Waals surface area contributed by atoms with E-state index in [1.165, 1.54) is 5.56 Å². The van der Waals surface area contributed by atoms with Gasteiger partial charge in [0, 0.05) is 43.5 Å². The zero-order chi connectivity index (χ0) is 20.6. The van der Waals surface area contributed by atoms with Crippen LogP contribution in [0.15, 0.2) is 24.4 Å². The van der Waals surface area contributed by atoms with Crippen LogP contribution in [0.25, 0.3) is 0 Å². The Bertz CT molecular complexity index is 925. The molecule has 0 saturated carbocycles. The van der Waals surface area contributed by atoms with Gasteiger partial charge in [0.1, 0.15) is 5.75 Å². The van der Waals surface area contributed by atoms with Crippen molar-refractivity contribution in [3.63, 3.8) is 0 Å². The van der Waals surface area contributed by atoms with E-state index in [0.29, 0.717) is 6.54 Å². The normalized spacial score (nSPS) is 19.2. The smallest absolute Gasteiger partial charge is 0.266 e. The summed E-state index contributed by atoms with van der Waals surface area (Å²) in [6.07, 6.45) is 4.68. The number of carbonyl (C=O) groups is 1. The Kier molecular flexibility index (Phi) is 5.30. The fourth-order valence-corrected chi connectivity index (χ4v) is 4.15. The number of nitrogens with zero attached hydrogens (tertiary/aromatic N) is 3. The van der Waals surface area contributed by atoms with Crippen molar-refractivity contribution < 1.29 is 9.53 Å². The number of hydrogen-bond acceptors (Lipinski definition) is 5. The Morgan fingerprint density at radius 2 is 2.10 bits per heavy atom. The molecule has 1 amide bonds. The molecule has 0 aliphatic carbocycles. The number of amides is 1. The Morgan fingerprint density at radius 1 is 1.28 bits per heavy atom. The molecule has 3 heterocycles. The maximum absolute atomic E-state index is 13.4. The first-order valence-corrected chi connectivity index (χ1v) is 10.5. The number of likely N-dealkylation sites (tertiary alicyclic amines) is 1. The molecule has 29 heavy (non-hydrogen) atoms. The zero-order valence-corrected chi connectivity index (χ0v) is 17.8. The van der Waals surface area contributed by atoms with E-state index < -0.39 is 5.60 Å². The number of fused-ring (bicyclic) bond motifs is 1. The van der Waals surface area contributed by atoms with Crippen molar-refractivity contribution in [1.29, 1.82) is 0 Å². The molecule has 2 aromatic rings. The molecule has 0 radical (unpaired) electrons. The first kappa shape index (κ1) is 19.8. The minimum atomic E-state index is -0.956. The summed E-state index contributed by atoms with van der Waals surface area (Å²) in [4.78, 5) is 24.8. The monoisotopic (exact) mass is 394 g/mol. The van der Waals surface area contributed by atoms with Gasteiger partial charge in [-0.3, -0.25) is 4.79 Å². The summed E-state index contributed by atoms with van der Waals surface area (Å²) in [5.41, 5.74) is 3.68. The Balaban J connectivity index is 1.54. The highest BCUT2D eigenvalue weighted by atomic mass is 16.5. The van der Waals surface area contributed by atoms with Crippen molar-refractivity contribution in [2.24, 2.45) is 0 Å². The van der Waals surface area contributed by atoms with Crippen LogP contribution >= 0.6 is 0 Å². The first-order chi connectivity index (χ1) is 13.8. The van der Waals surface area contributed by atoms with Crippen LogP contribution in [0.4, 0.5) is 0 Å². The fraction of sp³-hybridized carbons (Fsp3) is 0.522. The highest BCUT2D eigenvalue weighted by Gasteiger charge is 2.41. The number of carbonyl (C=O) groups excluding carboxylic acids is 1. The molecular formula is C23H30N4O2. The maximum Gasteiger partial charge on any atom is 0.266 e. The van der Waals surface area contributed by atoms with Crippen LogP contribution < -0.4 is 10.1 Å². The van der Waals surface area contributed by atoms with Crippen LogP contribution in [0.3, 0.4) is 0 Å². The van der Waals surface area contributed by atoms with Crippen LogP contribution in [0.2, 0.25) is 0 Å². The van der Waals surface area contributed by atoms with E-state index in [4.69, 9.17) is 9.72 Å². The second-order valence-corrected chi connectivity index (χ2v) is 8.64. The number of aryl methyl sites for hydroxylation is 2. The predicted molar refractivity (Wildman–Crippen MR) is 112 cm³/mol. The molecule has 1 N–H and O–H groups in total. The van der Waals surface area contributed by atoms with Crippen LogP contribution in [-0.2, 0) is 17.8 Å². The number of nitrogens with one attached hydrogen (secondary N) is 1. The molecule has 1 unspecified atom stereocenters. The lowest BCUT2D eigenvalue weighted by atomic mass is 10.1. The lowest BCUT2D eigenvalue weighted by Gasteiger charge is -2.33. The summed E-state index contributed by atoms with van der Waals surface area (Å²) in [6.45, 7) is 10.3. The molecule has 6 heteroatoms. The van der Waals surface area contributed by atoms with Gasteiger partial charge in [-0.25, -0.2) is 9.97 Å². The minimum absolute atomic E-state index is 0.0128. The van der Waals surface area contributed by atoms with Crippen molar-refractivity contribution >= 4 is 5.91 Å². The molecule has 0 bridgehead atoms. The third-order valence-electron chi connectivity index (χ3n) is 6.00. The number of rotatable bonds is 4. The van der Waals surface area contributed by atoms with Crippen molar-refractivity contribution in [3.8, 4) is 5.75 Å². The van der Waals surface area contributed by atoms with Crippen LogP contribution in [0.1, 0.15) is 60.9 Å². The third-order valence-corrected chi connectivity index (χ3v) is 6.00. The number of benzene rings is 1. The molecule has 1 aromatic heterocycles. The third kappa shape index (κ3) is 3.99. The highest BCUT2D eigenvalue weighted by Crippen LogP contribution is 2.33. The zero-order valence-electron chi connectivity index (χ0n) is 17.8. The molecule has 1 fully saturated rings. The van der Waals surface area contributed by atoms with Crippen LogP contribution in [-0.4, -0.2) is 39.5 Å². The van der Waals surface area contributed by atoms with Gasteiger partial charge >= 0.3 is 0 Å². The van der Waals surface area contributed by atoms with Gasteiger partial charge < -0.3 is 15.0 Å². The Hall–Kier alpha value is -2.47. The predicted octanol–water partition coefficient (Wildman–Crippen LogP) is 3.26. The van der Waals surface area contributed by atoms with Gasteiger partial charge in [-0.1, -0.05) is 6.07 Å². The lowest BCUT2D eigenvalue weighted by molar-refractivity contribution is -0.146. The van der Waals surface area contributed by atoms with Crippen LogP contribution in [0.5, 0.6) is 5.75 Å². The molecular weight excluding hydrogens is 364 g/mol. The Morgan fingerprint density at radius 3 is 2.90 bits per heavy atom. The summed E-state index contributed by atoms with van der Waals surface area (Å²) in [5.74, 6) is 1.47. The lowest BCUT2D eigenvalue weighted by Crippen LogP contribution is -2.48. The molecule has 6 nitrogen and oxygen atoms in total. The molecule has 4 rings (SSSR count). The number of ether oxygens (including phenoxy) is 1. The highest BCUT2D eigenvalue weighted by molar-refractivity contribution is 5.85. The van der Waals surface area contributed by atoms with Crippen LogP contribution in [0, 0.1) is 13.8 Å². The molecule has 2 aliphatic heterocycles. The summed E-state index contributed by atoms with van der Waals surface area (Å²) in [6, 6.07) is 5.87. The molecule has 2 aliphatic rings. The average Bonchev–Trinajstić information content (AvgIpc) is 3.19.